The van der Waals surface area contributed by atoms with Crippen LogP contribution in [-0.4, -0.2) is 120 Å². The fourth-order valence-electron chi connectivity index (χ4n) is 3.39. The largest absolute Gasteiger partial charge is 0.479 e. The highest BCUT2D eigenvalue weighted by Crippen LogP contribution is 2.30. The lowest BCUT2D eigenvalue weighted by molar-refractivity contribution is -0.339. The van der Waals surface area contributed by atoms with E-state index in [1.54, 1.807) is 0 Å². The zero-order valence-corrected chi connectivity index (χ0v) is 16.1. The maximum atomic E-state index is 11.6. The molecule has 0 aromatic rings. The van der Waals surface area contributed by atoms with E-state index in [1.165, 1.54) is 14.0 Å². The number of aliphatic hydroxyl groups is 4. The summed E-state index contributed by atoms with van der Waals surface area (Å²) < 4.78 is 26.3. The van der Waals surface area contributed by atoms with Crippen LogP contribution in [0.15, 0.2) is 0 Å². The Hall–Kier alpha value is -1.42. The normalized spacial score (nSPS) is 43.0. The number of aliphatic carboxylic acids is 1. The van der Waals surface area contributed by atoms with Gasteiger partial charge in [-0.3, -0.25) is 4.79 Å². The van der Waals surface area contributed by atoms with Gasteiger partial charge >= 0.3 is 5.97 Å². The van der Waals surface area contributed by atoms with Crippen LogP contribution < -0.4 is 5.32 Å². The Morgan fingerprint density at radius 2 is 1.62 bits per heavy atom. The summed E-state index contributed by atoms with van der Waals surface area (Å²) in [6.45, 7) is 0.585. The van der Waals surface area contributed by atoms with Crippen molar-refractivity contribution in [3.05, 3.63) is 0 Å². The summed E-state index contributed by atoms with van der Waals surface area (Å²) >= 11 is 0. The van der Waals surface area contributed by atoms with Crippen LogP contribution in [0.2, 0.25) is 0 Å². The molecule has 10 atom stereocenters. The predicted molar refractivity (Wildman–Crippen MR) is 90.3 cm³/mol. The van der Waals surface area contributed by atoms with E-state index >= 15 is 0 Å². The minimum atomic E-state index is -1.74. The molecule has 0 aromatic carbocycles. The molecule has 2 fully saturated rings. The van der Waals surface area contributed by atoms with Gasteiger partial charge in [0.25, 0.3) is 0 Å². The van der Waals surface area contributed by atoms with Crippen molar-refractivity contribution < 1.29 is 58.8 Å². The first-order chi connectivity index (χ1) is 13.7. The third kappa shape index (κ3) is 5.02. The fraction of sp³-hybridized carbons (Fsp3) is 0.875. The topological polar surface area (TPSA) is 193 Å². The van der Waals surface area contributed by atoms with Crippen molar-refractivity contribution in [2.75, 3.05) is 20.8 Å². The van der Waals surface area contributed by atoms with Crippen molar-refractivity contribution in [1.29, 1.82) is 0 Å². The summed E-state index contributed by atoms with van der Waals surface area (Å²) in [7, 11) is 2.41. The lowest BCUT2D eigenvalue weighted by Gasteiger charge is -2.47. The lowest BCUT2D eigenvalue weighted by atomic mass is 9.95. The highest BCUT2D eigenvalue weighted by atomic mass is 16.7. The van der Waals surface area contributed by atoms with Gasteiger partial charge in [0.1, 0.15) is 42.7 Å². The van der Waals surface area contributed by atoms with E-state index in [2.05, 4.69) is 5.32 Å². The van der Waals surface area contributed by atoms with Gasteiger partial charge in [-0.05, 0) is 0 Å². The Morgan fingerprint density at radius 1 is 0.966 bits per heavy atom. The van der Waals surface area contributed by atoms with Crippen LogP contribution in [0, 0.1) is 0 Å². The fourth-order valence-corrected chi connectivity index (χ4v) is 3.39. The number of rotatable bonds is 7. The Balaban J connectivity index is 2.30. The smallest absolute Gasteiger partial charge is 0.335 e. The molecule has 0 bridgehead atoms. The van der Waals surface area contributed by atoms with Gasteiger partial charge in [-0.25, -0.2) is 4.79 Å². The number of carbonyl (C=O) groups is 2. The summed E-state index contributed by atoms with van der Waals surface area (Å²) in [5.41, 5.74) is 0. The molecule has 13 heteroatoms. The predicted octanol–water partition coefficient (Wildman–Crippen LogP) is -3.85. The summed E-state index contributed by atoms with van der Waals surface area (Å²) in [5.74, 6) is -1.98. The third-order valence-electron chi connectivity index (χ3n) is 4.81. The molecule has 0 aromatic heterocycles. The molecule has 0 aliphatic carbocycles. The lowest BCUT2D eigenvalue weighted by Crippen LogP contribution is -2.68. The van der Waals surface area contributed by atoms with Crippen molar-refractivity contribution in [2.24, 2.45) is 0 Å². The number of carbonyl (C=O) groups excluding carboxylic acids is 1. The summed E-state index contributed by atoms with van der Waals surface area (Å²) in [6.07, 6.45) is -13.3. The van der Waals surface area contributed by atoms with Crippen LogP contribution >= 0.6 is 0 Å². The van der Waals surface area contributed by atoms with E-state index in [1.807, 2.05) is 0 Å². The number of nitrogens with one attached hydrogen (secondary N) is 1. The van der Waals surface area contributed by atoms with E-state index < -0.39 is 79.8 Å². The van der Waals surface area contributed by atoms with Crippen LogP contribution in [0.1, 0.15) is 6.92 Å². The van der Waals surface area contributed by atoms with Gasteiger partial charge < -0.3 is 54.5 Å². The molecule has 0 spiro atoms. The second-order valence-electron chi connectivity index (χ2n) is 6.72. The molecular formula is C16H27NO12. The van der Waals surface area contributed by atoms with Crippen molar-refractivity contribution in [3.8, 4) is 0 Å². The molecule has 13 nitrogen and oxygen atoms in total. The van der Waals surface area contributed by atoms with E-state index in [0.717, 1.165) is 7.11 Å². The second kappa shape index (κ2) is 10.1. The minimum Gasteiger partial charge on any atom is -0.479 e. The Labute approximate surface area is 166 Å². The number of carboxylic acid groups (broad SMARTS) is 1. The molecule has 0 radical (unpaired) electrons. The van der Waals surface area contributed by atoms with E-state index in [4.69, 9.17) is 23.7 Å². The molecule has 2 rings (SSSR count). The monoisotopic (exact) mass is 425 g/mol. The maximum Gasteiger partial charge on any atom is 0.335 e. The van der Waals surface area contributed by atoms with Crippen LogP contribution in [-0.2, 0) is 33.3 Å². The molecule has 1 amide bonds. The molecular weight excluding hydrogens is 398 g/mol. The van der Waals surface area contributed by atoms with Gasteiger partial charge in [-0.2, -0.15) is 0 Å². The van der Waals surface area contributed by atoms with Gasteiger partial charge in [-0.15, -0.1) is 0 Å². The molecule has 2 heterocycles. The van der Waals surface area contributed by atoms with E-state index in [9.17, 15) is 35.1 Å². The Kier molecular flexibility index (Phi) is 8.28. The summed E-state index contributed by atoms with van der Waals surface area (Å²) in [6, 6.07) is -1.10. The number of carboxylic acids is 1. The second-order valence-corrected chi connectivity index (χ2v) is 6.72. The highest BCUT2D eigenvalue weighted by molar-refractivity contribution is 5.73. The number of aliphatic hydroxyl groups excluding tert-OH is 4. The standard InChI is InChI=1S/C16H27NO12/c1-5(19)17-7-11(8(20)6(4-18)27-15(7)26-3)28-16-10(22)9(21)12(25-2)13(29-16)14(23)24/h6-13,15-16,18,20-22H,4H2,1-3H3,(H,17,19)(H,23,24)/t6-,7-,8-,9-,10-,11-,12+,13+,15-,16+/m1/s1. The first-order valence-corrected chi connectivity index (χ1v) is 8.83. The molecule has 2 aliphatic rings. The first-order valence-electron chi connectivity index (χ1n) is 8.83. The highest BCUT2D eigenvalue weighted by Gasteiger charge is 2.53. The van der Waals surface area contributed by atoms with Crippen LogP contribution in [0.25, 0.3) is 0 Å². The number of methoxy groups -OCH3 is 2. The summed E-state index contributed by atoms with van der Waals surface area (Å²) in [5, 5.41) is 52.3. The third-order valence-corrected chi connectivity index (χ3v) is 4.81. The Bertz CT molecular complexity index is 576. The van der Waals surface area contributed by atoms with Crippen molar-refractivity contribution in [3.63, 3.8) is 0 Å². The van der Waals surface area contributed by atoms with Crippen molar-refractivity contribution in [2.45, 2.75) is 68.3 Å². The number of ether oxygens (including phenoxy) is 5. The molecule has 0 unspecified atom stereocenters. The first kappa shape index (κ1) is 23.9. The molecule has 168 valence electrons. The molecule has 29 heavy (non-hydrogen) atoms. The average Bonchev–Trinajstić information content (AvgIpc) is 2.67. The minimum absolute atomic E-state index is 0.517. The van der Waals surface area contributed by atoms with Gasteiger partial charge in [-0.1, -0.05) is 0 Å². The number of hydrogen-bond donors (Lipinski definition) is 6. The molecule has 6 N–H and O–H groups in total. The van der Waals surface area contributed by atoms with Gasteiger partial charge in [0, 0.05) is 21.1 Å². The van der Waals surface area contributed by atoms with Gasteiger partial charge in [0.2, 0.25) is 5.91 Å². The van der Waals surface area contributed by atoms with Gasteiger partial charge in [0.15, 0.2) is 18.7 Å². The van der Waals surface area contributed by atoms with Crippen molar-refractivity contribution >= 4 is 11.9 Å². The molecule has 2 aliphatic heterocycles. The SMILES string of the molecule is CO[C@@H]1O[C@H](CO)[C@@H](O)[C@H](O[C@H]2O[C@H](C(=O)O)[C@@H](OC)[C@H](O)[C@H]2O)[C@H]1NC(C)=O. The van der Waals surface area contributed by atoms with E-state index in [0.29, 0.717) is 0 Å². The van der Waals surface area contributed by atoms with Crippen LogP contribution in [0.3, 0.4) is 0 Å². The average molecular weight is 425 g/mol. The summed E-state index contributed by atoms with van der Waals surface area (Å²) in [4.78, 5) is 23.0. The quantitative estimate of drug-likeness (QED) is 0.233. The number of amides is 1. The van der Waals surface area contributed by atoms with E-state index in [-0.39, 0.29) is 0 Å². The van der Waals surface area contributed by atoms with Crippen molar-refractivity contribution in [1.82, 2.24) is 5.32 Å². The van der Waals surface area contributed by atoms with Crippen LogP contribution in [0.5, 0.6) is 0 Å². The zero-order valence-electron chi connectivity index (χ0n) is 16.1. The van der Waals surface area contributed by atoms with Gasteiger partial charge in [0.05, 0.1) is 6.61 Å². The maximum absolute atomic E-state index is 11.6. The number of hydrogen-bond acceptors (Lipinski definition) is 11. The molecule has 0 saturated carbocycles. The Morgan fingerprint density at radius 3 is 2.10 bits per heavy atom. The zero-order chi connectivity index (χ0) is 21.9. The van der Waals surface area contributed by atoms with Crippen LogP contribution in [0.4, 0.5) is 0 Å². The molecule has 2 saturated heterocycles.